The summed E-state index contributed by atoms with van der Waals surface area (Å²) in [7, 11) is 4.76. The van der Waals surface area contributed by atoms with Crippen LogP contribution in [0.4, 0.5) is 0 Å². The zero-order valence-corrected chi connectivity index (χ0v) is 18.3. The van der Waals surface area contributed by atoms with Gasteiger partial charge in [0, 0.05) is 26.6 Å². The minimum Gasteiger partial charge on any atom is -0.493 e. The average molecular weight is 421 g/mol. The molecule has 166 valence electrons. The van der Waals surface area contributed by atoms with E-state index < -0.39 is 0 Å². The van der Waals surface area contributed by atoms with Gasteiger partial charge < -0.3 is 24.0 Å². The maximum Gasteiger partial charge on any atom is 0.310 e. The normalized spacial score (nSPS) is 16.0. The van der Waals surface area contributed by atoms with Crippen LogP contribution in [0.5, 0.6) is 11.5 Å². The Kier molecular flexibility index (Phi) is 8.95. The zero-order valence-electron chi connectivity index (χ0n) is 18.3. The van der Waals surface area contributed by atoms with Gasteiger partial charge >= 0.3 is 5.97 Å². The lowest BCUT2D eigenvalue weighted by Gasteiger charge is -2.32. The number of esters is 1. The number of amides is 2. The minimum absolute atomic E-state index is 0.0103. The van der Waals surface area contributed by atoms with E-state index in [4.69, 9.17) is 14.2 Å². The molecule has 1 fully saturated rings. The van der Waals surface area contributed by atoms with Crippen LogP contribution in [-0.2, 0) is 25.5 Å². The molecule has 1 aliphatic heterocycles. The molecule has 0 bridgehead atoms. The summed E-state index contributed by atoms with van der Waals surface area (Å²) in [6, 6.07) is 5.55. The highest BCUT2D eigenvalue weighted by Crippen LogP contribution is 2.31. The third-order valence-electron chi connectivity index (χ3n) is 5.28. The maximum absolute atomic E-state index is 12.6. The second-order valence-electron chi connectivity index (χ2n) is 7.33. The van der Waals surface area contributed by atoms with Crippen LogP contribution in [0, 0.1) is 5.92 Å². The Morgan fingerprint density at radius 2 is 1.97 bits per heavy atom. The number of piperidine rings is 1. The van der Waals surface area contributed by atoms with Crippen molar-refractivity contribution in [1.82, 2.24) is 9.80 Å². The first-order valence-electron chi connectivity index (χ1n) is 10.3. The second-order valence-corrected chi connectivity index (χ2v) is 7.33. The van der Waals surface area contributed by atoms with Crippen molar-refractivity contribution in [2.75, 3.05) is 47.5 Å². The van der Waals surface area contributed by atoms with Gasteiger partial charge in [-0.05, 0) is 37.8 Å². The summed E-state index contributed by atoms with van der Waals surface area (Å²) in [5.41, 5.74) is 0.873. The molecule has 0 radical (unpaired) electrons. The fraction of sp³-hybridized carbons (Fsp3) is 0.591. The number of ether oxygens (including phenoxy) is 3. The van der Waals surface area contributed by atoms with Crippen LogP contribution in [0.3, 0.4) is 0 Å². The molecule has 1 aliphatic rings. The molecule has 0 aliphatic carbocycles. The van der Waals surface area contributed by atoms with Crippen LogP contribution in [0.15, 0.2) is 18.2 Å². The van der Waals surface area contributed by atoms with Crippen molar-refractivity contribution in [1.29, 1.82) is 0 Å². The van der Waals surface area contributed by atoms with Gasteiger partial charge in [-0.25, -0.2) is 0 Å². The lowest BCUT2D eigenvalue weighted by Crippen LogP contribution is -2.47. The third-order valence-corrected chi connectivity index (χ3v) is 5.28. The Morgan fingerprint density at radius 1 is 1.20 bits per heavy atom. The van der Waals surface area contributed by atoms with Gasteiger partial charge in [0.25, 0.3) is 0 Å². The van der Waals surface area contributed by atoms with Crippen LogP contribution in [0.1, 0.15) is 31.7 Å². The molecule has 2 rings (SSSR count). The predicted molar refractivity (Wildman–Crippen MR) is 111 cm³/mol. The molecule has 8 heteroatoms. The summed E-state index contributed by atoms with van der Waals surface area (Å²) in [6.07, 6.45) is 2.20. The molecule has 30 heavy (non-hydrogen) atoms. The number of likely N-dealkylation sites (N-methyl/N-ethyl adjacent to an activating group) is 1. The van der Waals surface area contributed by atoms with Crippen molar-refractivity contribution in [3.63, 3.8) is 0 Å². The van der Waals surface area contributed by atoms with E-state index in [1.165, 1.54) is 4.90 Å². The number of benzene rings is 1. The number of nitrogens with zero attached hydrogens (tertiary/aromatic N) is 2. The molecule has 0 saturated carbocycles. The molecular formula is C22H32N2O6. The average Bonchev–Trinajstić information content (AvgIpc) is 2.77. The topological polar surface area (TPSA) is 85.4 Å². The summed E-state index contributed by atoms with van der Waals surface area (Å²) in [4.78, 5) is 40.3. The molecule has 2 amide bonds. The van der Waals surface area contributed by atoms with E-state index >= 15 is 0 Å². The summed E-state index contributed by atoms with van der Waals surface area (Å²) >= 11 is 0. The quantitative estimate of drug-likeness (QED) is 0.567. The molecule has 1 atom stereocenters. The Bertz CT molecular complexity index is 751. The Labute approximate surface area is 178 Å². The number of hydrogen-bond acceptors (Lipinski definition) is 6. The number of carbonyl (C=O) groups excluding carboxylic acids is 3. The number of hydrogen-bond donors (Lipinski definition) is 0. The number of likely N-dealkylation sites (tertiary alicyclic amines) is 1. The first-order valence-corrected chi connectivity index (χ1v) is 10.3. The van der Waals surface area contributed by atoms with Gasteiger partial charge in [0.1, 0.15) is 0 Å². The number of methoxy groups -OCH3 is 2. The second kappa shape index (κ2) is 11.4. The largest absolute Gasteiger partial charge is 0.493 e. The van der Waals surface area contributed by atoms with Crippen molar-refractivity contribution in [3.05, 3.63) is 23.8 Å². The van der Waals surface area contributed by atoms with E-state index in [1.54, 1.807) is 39.2 Å². The number of rotatable bonds is 9. The van der Waals surface area contributed by atoms with E-state index in [1.807, 2.05) is 12.1 Å². The van der Waals surface area contributed by atoms with E-state index in [0.29, 0.717) is 37.6 Å². The molecule has 0 aromatic heterocycles. The van der Waals surface area contributed by atoms with Crippen LogP contribution in [-0.4, -0.2) is 75.1 Å². The van der Waals surface area contributed by atoms with Crippen LogP contribution < -0.4 is 9.47 Å². The summed E-state index contributed by atoms with van der Waals surface area (Å²) in [5.74, 6) is 0.402. The Morgan fingerprint density at radius 3 is 2.63 bits per heavy atom. The maximum atomic E-state index is 12.6. The minimum atomic E-state index is -0.288. The SMILES string of the molecule is CCOC(=O)C1CCCN(C(=O)CN(C)C(=O)CCc2cccc(OC)c2OC)C1. The van der Waals surface area contributed by atoms with E-state index in [2.05, 4.69) is 0 Å². The highest BCUT2D eigenvalue weighted by molar-refractivity contribution is 5.85. The van der Waals surface area contributed by atoms with Crippen molar-refractivity contribution >= 4 is 17.8 Å². The number of para-hydroxylation sites is 1. The van der Waals surface area contributed by atoms with Gasteiger partial charge in [-0.1, -0.05) is 12.1 Å². The van der Waals surface area contributed by atoms with Crippen LogP contribution in [0.2, 0.25) is 0 Å². The lowest BCUT2D eigenvalue weighted by atomic mass is 9.98. The molecule has 8 nitrogen and oxygen atoms in total. The molecule has 1 saturated heterocycles. The van der Waals surface area contributed by atoms with E-state index in [0.717, 1.165) is 18.4 Å². The van der Waals surface area contributed by atoms with Crippen LogP contribution in [0.25, 0.3) is 0 Å². The van der Waals surface area contributed by atoms with Gasteiger partial charge in [0.15, 0.2) is 11.5 Å². The molecule has 1 heterocycles. The molecule has 1 aromatic carbocycles. The fourth-order valence-electron chi connectivity index (χ4n) is 3.63. The highest BCUT2D eigenvalue weighted by Gasteiger charge is 2.30. The Balaban J connectivity index is 1.88. The smallest absolute Gasteiger partial charge is 0.310 e. The summed E-state index contributed by atoms with van der Waals surface area (Å²) in [6.45, 7) is 3.03. The predicted octanol–water partition coefficient (Wildman–Crippen LogP) is 1.90. The summed E-state index contributed by atoms with van der Waals surface area (Å²) < 4.78 is 15.8. The number of aryl methyl sites for hydroxylation is 1. The van der Waals surface area contributed by atoms with Gasteiger partial charge in [0.05, 0.1) is 33.3 Å². The third kappa shape index (κ3) is 6.11. The van der Waals surface area contributed by atoms with Crippen molar-refractivity contribution < 1.29 is 28.6 Å². The van der Waals surface area contributed by atoms with Gasteiger partial charge in [-0.3, -0.25) is 14.4 Å². The Hall–Kier alpha value is -2.77. The van der Waals surface area contributed by atoms with Crippen molar-refractivity contribution in [2.24, 2.45) is 5.92 Å². The van der Waals surface area contributed by atoms with Crippen molar-refractivity contribution in [3.8, 4) is 11.5 Å². The highest BCUT2D eigenvalue weighted by atomic mass is 16.5. The van der Waals surface area contributed by atoms with E-state index in [9.17, 15) is 14.4 Å². The fourth-order valence-corrected chi connectivity index (χ4v) is 3.63. The van der Waals surface area contributed by atoms with Gasteiger partial charge in [-0.2, -0.15) is 0 Å². The first-order chi connectivity index (χ1) is 14.4. The van der Waals surface area contributed by atoms with Crippen LogP contribution >= 0.6 is 0 Å². The standard InChI is InChI=1S/C22H32N2O6/c1-5-30-22(27)17-9-7-13-24(14-17)20(26)15-23(2)19(25)12-11-16-8-6-10-18(28-3)21(16)29-4/h6,8,10,17H,5,7,9,11-15H2,1-4H3. The molecule has 0 N–H and O–H groups in total. The molecular weight excluding hydrogens is 388 g/mol. The van der Waals surface area contributed by atoms with E-state index in [-0.39, 0.29) is 36.7 Å². The zero-order chi connectivity index (χ0) is 22.1. The van der Waals surface area contributed by atoms with Gasteiger partial charge in [-0.15, -0.1) is 0 Å². The number of carbonyl (C=O) groups is 3. The summed E-state index contributed by atoms with van der Waals surface area (Å²) in [5, 5.41) is 0. The lowest BCUT2D eigenvalue weighted by molar-refractivity contribution is -0.152. The van der Waals surface area contributed by atoms with Gasteiger partial charge in [0.2, 0.25) is 11.8 Å². The monoisotopic (exact) mass is 420 g/mol. The molecule has 0 spiro atoms. The molecule has 1 unspecified atom stereocenters. The first kappa shape index (κ1) is 23.5. The molecule has 1 aromatic rings. The van der Waals surface area contributed by atoms with Crippen molar-refractivity contribution in [2.45, 2.75) is 32.6 Å².